The minimum absolute atomic E-state index is 0.0921. The van der Waals surface area contributed by atoms with Gasteiger partial charge >= 0.3 is 0 Å². The van der Waals surface area contributed by atoms with Crippen LogP contribution in [-0.4, -0.2) is 9.97 Å². The van der Waals surface area contributed by atoms with Gasteiger partial charge in [-0.1, -0.05) is 24.3 Å². The zero-order valence-electron chi connectivity index (χ0n) is 9.49. The molecule has 0 aliphatic heterocycles. The Morgan fingerprint density at radius 1 is 1.11 bits per heavy atom. The summed E-state index contributed by atoms with van der Waals surface area (Å²) in [6.45, 7) is 1.46. The lowest BCUT2D eigenvalue weighted by atomic mass is 10.1. The van der Waals surface area contributed by atoms with Gasteiger partial charge in [0.2, 0.25) is 0 Å². The fourth-order valence-electron chi connectivity index (χ4n) is 1.49. The third-order valence-corrected chi connectivity index (χ3v) is 2.46. The van der Waals surface area contributed by atoms with Gasteiger partial charge in [0.1, 0.15) is 0 Å². The van der Waals surface area contributed by atoms with Crippen LogP contribution in [0, 0.1) is 12.7 Å². The Kier molecular flexibility index (Phi) is 3.18. The number of benzene rings is 1. The van der Waals surface area contributed by atoms with Crippen LogP contribution in [0.3, 0.4) is 0 Å². The van der Waals surface area contributed by atoms with Crippen LogP contribution < -0.4 is 5.73 Å². The van der Waals surface area contributed by atoms with Gasteiger partial charge < -0.3 is 5.73 Å². The molecule has 6 heteroatoms. The van der Waals surface area contributed by atoms with Crippen molar-refractivity contribution in [2.45, 2.75) is 13.3 Å². The second kappa shape index (κ2) is 4.64. The Labute approximate surface area is 101 Å². The predicted octanol–water partition coefficient (Wildman–Crippen LogP) is 3.11. The van der Waals surface area contributed by atoms with E-state index in [1.54, 1.807) is 0 Å². The van der Waals surface area contributed by atoms with E-state index in [-0.39, 0.29) is 22.9 Å². The minimum Gasteiger partial charge on any atom is -0.381 e. The number of alkyl halides is 2. The van der Waals surface area contributed by atoms with Gasteiger partial charge in [-0.15, -0.1) is 0 Å². The standard InChI is InChI=1S/C12H10F3N3/c1-6-9(13)11(16)18-12(17-6)8-4-2-7(3-5-8)10(14)15/h2-5,10H,1H3,(H2,16,17,18). The van der Waals surface area contributed by atoms with Crippen molar-refractivity contribution in [2.75, 3.05) is 5.73 Å². The molecule has 1 aromatic heterocycles. The van der Waals surface area contributed by atoms with E-state index in [2.05, 4.69) is 9.97 Å². The number of aromatic nitrogens is 2. The maximum Gasteiger partial charge on any atom is 0.263 e. The first kappa shape index (κ1) is 12.3. The summed E-state index contributed by atoms with van der Waals surface area (Å²) in [6, 6.07) is 5.46. The van der Waals surface area contributed by atoms with E-state index in [1.165, 1.54) is 31.2 Å². The van der Waals surface area contributed by atoms with Gasteiger partial charge in [-0.2, -0.15) is 0 Å². The first-order valence-electron chi connectivity index (χ1n) is 5.17. The normalized spacial score (nSPS) is 10.9. The van der Waals surface area contributed by atoms with Gasteiger partial charge in [0.25, 0.3) is 6.43 Å². The number of anilines is 1. The summed E-state index contributed by atoms with van der Waals surface area (Å²) in [5.74, 6) is -0.703. The zero-order valence-corrected chi connectivity index (χ0v) is 9.49. The molecule has 0 amide bonds. The van der Waals surface area contributed by atoms with Crippen molar-refractivity contribution in [2.24, 2.45) is 0 Å². The zero-order chi connectivity index (χ0) is 13.3. The molecule has 1 aromatic carbocycles. The maximum atomic E-state index is 13.2. The van der Waals surface area contributed by atoms with Gasteiger partial charge in [-0.25, -0.2) is 23.1 Å². The molecule has 0 atom stereocenters. The number of aryl methyl sites for hydroxylation is 1. The van der Waals surface area contributed by atoms with Crippen LogP contribution >= 0.6 is 0 Å². The molecule has 0 spiro atoms. The highest BCUT2D eigenvalue weighted by molar-refractivity contribution is 5.57. The number of nitrogens with two attached hydrogens (primary N) is 1. The van der Waals surface area contributed by atoms with Crippen LogP contribution in [0.2, 0.25) is 0 Å². The van der Waals surface area contributed by atoms with E-state index in [0.717, 1.165) is 0 Å². The molecular formula is C12H10F3N3. The van der Waals surface area contributed by atoms with Crippen molar-refractivity contribution in [3.05, 3.63) is 41.3 Å². The maximum absolute atomic E-state index is 13.2. The number of hydrogen-bond donors (Lipinski definition) is 1. The van der Waals surface area contributed by atoms with Gasteiger partial charge in [-0.05, 0) is 6.92 Å². The lowest BCUT2D eigenvalue weighted by Gasteiger charge is -2.05. The molecule has 0 saturated heterocycles. The Balaban J connectivity index is 2.43. The molecule has 0 fully saturated rings. The number of rotatable bonds is 2. The summed E-state index contributed by atoms with van der Waals surface area (Å²) in [5.41, 5.74) is 5.93. The van der Waals surface area contributed by atoms with E-state index >= 15 is 0 Å². The van der Waals surface area contributed by atoms with Crippen LogP contribution in [0.25, 0.3) is 11.4 Å². The van der Waals surface area contributed by atoms with Crippen molar-refractivity contribution in [3.63, 3.8) is 0 Å². The summed E-state index contributed by atoms with van der Waals surface area (Å²) < 4.78 is 38.0. The molecule has 0 bridgehead atoms. The molecule has 2 N–H and O–H groups in total. The van der Waals surface area contributed by atoms with E-state index in [1.807, 2.05) is 0 Å². The largest absolute Gasteiger partial charge is 0.381 e. The van der Waals surface area contributed by atoms with Gasteiger partial charge in [0.15, 0.2) is 17.5 Å². The highest BCUT2D eigenvalue weighted by Crippen LogP contribution is 2.23. The molecule has 0 aliphatic rings. The summed E-state index contributed by atoms with van der Waals surface area (Å²) in [5, 5.41) is 0. The topological polar surface area (TPSA) is 51.8 Å². The molecule has 0 saturated carbocycles. The lowest BCUT2D eigenvalue weighted by molar-refractivity contribution is 0.151. The Morgan fingerprint density at radius 3 is 2.22 bits per heavy atom. The first-order valence-corrected chi connectivity index (χ1v) is 5.17. The predicted molar refractivity (Wildman–Crippen MR) is 61.5 cm³/mol. The third kappa shape index (κ3) is 2.27. The summed E-state index contributed by atoms with van der Waals surface area (Å²) in [4.78, 5) is 7.71. The monoisotopic (exact) mass is 253 g/mol. The SMILES string of the molecule is Cc1nc(-c2ccc(C(F)F)cc2)nc(N)c1F. The Bertz CT molecular complexity index is 544. The molecule has 94 valence electrons. The fraction of sp³-hybridized carbons (Fsp3) is 0.167. The lowest BCUT2D eigenvalue weighted by Crippen LogP contribution is -2.02. The molecular weight excluding hydrogens is 243 g/mol. The number of halogens is 3. The van der Waals surface area contributed by atoms with Crippen molar-refractivity contribution in [1.29, 1.82) is 0 Å². The van der Waals surface area contributed by atoms with E-state index < -0.39 is 12.2 Å². The fourth-order valence-corrected chi connectivity index (χ4v) is 1.49. The second-order valence-corrected chi connectivity index (χ2v) is 3.75. The number of nitrogens with zero attached hydrogens (tertiary/aromatic N) is 2. The molecule has 2 rings (SSSR count). The van der Waals surface area contributed by atoms with E-state index in [0.29, 0.717) is 5.56 Å². The van der Waals surface area contributed by atoms with E-state index in [9.17, 15) is 13.2 Å². The van der Waals surface area contributed by atoms with Gasteiger partial charge in [-0.3, -0.25) is 0 Å². The number of nitrogen functional groups attached to an aromatic ring is 1. The molecule has 2 aromatic rings. The average molecular weight is 253 g/mol. The van der Waals surface area contributed by atoms with Crippen LogP contribution in [0.15, 0.2) is 24.3 Å². The van der Waals surface area contributed by atoms with Crippen molar-refractivity contribution < 1.29 is 13.2 Å². The third-order valence-electron chi connectivity index (χ3n) is 2.46. The van der Waals surface area contributed by atoms with Gasteiger partial charge in [0, 0.05) is 11.1 Å². The quantitative estimate of drug-likeness (QED) is 0.894. The minimum atomic E-state index is -2.53. The van der Waals surface area contributed by atoms with Crippen molar-refractivity contribution in [1.82, 2.24) is 9.97 Å². The smallest absolute Gasteiger partial charge is 0.263 e. The average Bonchev–Trinajstić information content (AvgIpc) is 2.35. The molecule has 0 unspecified atom stereocenters. The van der Waals surface area contributed by atoms with Crippen molar-refractivity contribution >= 4 is 5.82 Å². The molecule has 3 nitrogen and oxygen atoms in total. The van der Waals surface area contributed by atoms with Gasteiger partial charge in [0.05, 0.1) is 5.69 Å². The molecule has 0 aliphatic carbocycles. The Hall–Kier alpha value is -2.11. The Morgan fingerprint density at radius 2 is 1.72 bits per heavy atom. The molecule has 0 radical (unpaired) electrons. The summed E-state index contributed by atoms with van der Waals surface area (Å²) >= 11 is 0. The number of hydrogen-bond acceptors (Lipinski definition) is 3. The van der Waals surface area contributed by atoms with Crippen LogP contribution in [-0.2, 0) is 0 Å². The highest BCUT2D eigenvalue weighted by atomic mass is 19.3. The van der Waals surface area contributed by atoms with E-state index in [4.69, 9.17) is 5.73 Å². The van der Waals surface area contributed by atoms with Crippen LogP contribution in [0.4, 0.5) is 19.0 Å². The first-order chi connectivity index (χ1) is 8.49. The second-order valence-electron chi connectivity index (χ2n) is 3.75. The molecule has 18 heavy (non-hydrogen) atoms. The highest BCUT2D eigenvalue weighted by Gasteiger charge is 2.11. The summed E-state index contributed by atoms with van der Waals surface area (Å²) in [6.07, 6.45) is -2.53. The molecule has 1 heterocycles. The summed E-state index contributed by atoms with van der Waals surface area (Å²) in [7, 11) is 0. The van der Waals surface area contributed by atoms with Crippen LogP contribution in [0.5, 0.6) is 0 Å². The van der Waals surface area contributed by atoms with Crippen molar-refractivity contribution in [3.8, 4) is 11.4 Å². The van der Waals surface area contributed by atoms with Crippen LogP contribution in [0.1, 0.15) is 17.7 Å².